The first-order valence-corrected chi connectivity index (χ1v) is 8.57. The van der Waals surface area contributed by atoms with E-state index < -0.39 is 0 Å². The lowest BCUT2D eigenvalue weighted by molar-refractivity contribution is 0.144. The Balaban J connectivity index is 1.62. The summed E-state index contributed by atoms with van der Waals surface area (Å²) in [6, 6.07) is 12.3. The van der Waals surface area contributed by atoms with E-state index in [0.717, 1.165) is 56.4 Å². The summed E-state index contributed by atoms with van der Waals surface area (Å²) in [6.07, 6.45) is 1.56. The van der Waals surface area contributed by atoms with Gasteiger partial charge in [-0.05, 0) is 0 Å². The summed E-state index contributed by atoms with van der Waals surface area (Å²) in [5.74, 6) is 1.69. The van der Waals surface area contributed by atoms with Gasteiger partial charge in [0.2, 0.25) is 0 Å². The van der Waals surface area contributed by atoms with Crippen LogP contribution in [0.4, 0.5) is 5.82 Å². The molecule has 2 aromatic heterocycles. The zero-order valence-corrected chi connectivity index (χ0v) is 14.4. The second-order valence-electron chi connectivity index (χ2n) is 6.16. The van der Waals surface area contributed by atoms with Crippen LogP contribution in [0.3, 0.4) is 0 Å². The predicted molar refractivity (Wildman–Crippen MR) is 96.7 cm³/mol. The molecule has 0 unspecified atom stereocenters. The third kappa shape index (κ3) is 3.33. The third-order valence-electron chi connectivity index (χ3n) is 4.61. The van der Waals surface area contributed by atoms with Gasteiger partial charge in [-0.3, -0.25) is 4.90 Å². The molecule has 3 aromatic rings. The maximum Gasteiger partial charge on any atom is 0.254 e. The van der Waals surface area contributed by atoms with Crippen LogP contribution in [0.5, 0.6) is 0 Å². The lowest BCUT2D eigenvalue weighted by Gasteiger charge is -2.35. The second kappa shape index (κ2) is 7.16. The standard InChI is InChI=1S/C18H22N6O/c1-25-12-11-22-7-9-23(10-8-22)17-13-16(15-5-3-2-4-6-15)21-18-19-14-20-24(17)18/h2-6,13-14H,7-12H2,1H3. The van der Waals surface area contributed by atoms with Crippen molar-refractivity contribution in [1.29, 1.82) is 0 Å². The van der Waals surface area contributed by atoms with Gasteiger partial charge in [0.25, 0.3) is 5.78 Å². The van der Waals surface area contributed by atoms with Gasteiger partial charge in [-0.15, -0.1) is 0 Å². The monoisotopic (exact) mass is 338 g/mol. The minimum absolute atomic E-state index is 0.637. The molecule has 0 amide bonds. The molecular weight excluding hydrogens is 316 g/mol. The van der Waals surface area contributed by atoms with Crippen LogP contribution in [0.1, 0.15) is 0 Å². The number of fused-ring (bicyclic) bond motifs is 1. The summed E-state index contributed by atoms with van der Waals surface area (Å²) < 4.78 is 7.01. The number of anilines is 1. The number of piperazine rings is 1. The van der Waals surface area contributed by atoms with Crippen LogP contribution in [0.15, 0.2) is 42.7 Å². The summed E-state index contributed by atoms with van der Waals surface area (Å²) >= 11 is 0. The molecule has 0 saturated carbocycles. The van der Waals surface area contributed by atoms with E-state index in [1.54, 1.807) is 13.4 Å². The van der Waals surface area contributed by atoms with Crippen LogP contribution in [0, 0.1) is 0 Å². The molecule has 1 saturated heterocycles. The molecule has 1 aliphatic heterocycles. The lowest BCUT2D eigenvalue weighted by atomic mass is 10.1. The quantitative estimate of drug-likeness (QED) is 0.704. The van der Waals surface area contributed by atoms with E-state index in [9.17, 15) is 0 Å². The SMILES string of the molecule is COCCN1CCN(c2cc(-c3ccccc3)nc3ncnn23)CC1. The molecule has 130 valence electrons. The number of benzene rings is 1. The minimum atomic E-state index is 0.637. The Morgan fingerprint density at radius 2 is 1.88 bits per heavy atom. The molecule has 0 spiro atoms. The number of ether oxygens (including phenoxy) is 1. The molecule has 7 nitrogen and oxygen atoms in total. The van der Waals surface area contributed by atoms with Gasteiger partial charge in [0.05, 0.1) is 12.3 Å². The number of aromatic nitrogens is 4. The highest BCUT2D eigenvalue weighted by Gasteiger charge is 2.20. The molecule has 0 bridgehead atoms. The molecule has 0 aliphatic carbocycles. The van der Waals surface area contributed by atoms with Crippen molar-refractivity contribution < 1.29 is 4.74 Å². The van der Waals surface area contributed by atoms with Crippen molar-refractivity contribution in [2.75, 3.05) is 51.3 Å². The molecule has 25 heavy (non-hydrogen) atoms. The average molecular weight is 338 g/mol. The Labute approximate surface area is 146 Å². The fraction of sp³-hybridized carbons (Fsp3) is 0.389. The molecule has 3 heterocycles. The fourth-order valence-electron chi connectivity index (χ4n) is 3.20. The van der Waals surface area contributed by atoms with E-state index in [0.29, 0.717) is 5.78 Å². The van der Waals surface area contributed by atoms with E-state index in [1.807, 2.05) is 22.7 Å². The van der Waals surface area contributed by atoms with E-state index in [2.05, 4.69) is 43.1 Å². The van der Waals surface area contributed by atoms with Gasteiger partial charge in [-0.2, -0.15) is 14.6 Å². The molecule has 4 rings (SSSR count). The molecule has 0 N–H and O–H groups in total. The fourth-order valence-corrected chi connectivity index (χ4v) is 3.20. The first-order chi connectivity index (χ1) is 12.3. The van der Waals surface area contributed by atoms with Gasteiger partial charge in [0, 0.05) is 51.5 Å². The van der Waals surface area contributed by atoms with Crippen molar-refractivity contribution in [3.05, 3.63) is 42.7 Å². The van der Waals surface area contributed by atoms with Crippen molar-refractivity contribution in [3.8, 4) is 11.3 Å². The van der Waals surface area contributed by atoms with Crippen molar-refractivity contribution in [2.24, 2.45) is 0 Å². The summed E-state index contributed by atoms with van der Waals surface area (Å²) in [7, 11) is 1.75. The predicted octanol–water partition coefficient (Wildman–Crippen LogP) is 1.56. The number of hydrogen-bond donors (Lipinski definition) is 0. The van der Waals surface area contributed by atoms with Crippen molar-refractivity contribution >= 4 is 11.6 Å². The number of methoxy groups -OCH3 is 1. The molecule has 1 aliphatic rings. The first kappa shape index (κ1) is 16.0. The van der Waals surface area contributed by atoms with Crippen LogP contribution >= 0.6 is 0 Å². The molecular formula is C18H22N6O. The Kier molecular flexibility index (Phi) is 4.58. The van der Waals surface area contributed by atoms with E-state index in [4.69, 9.17) is 4.74 Å². The van der Waals surface area contributed by atoms with E-state index in [1.165, 1.54) is 0 Å². The van der Waals surface area contributed by atoms with Gasteiger partial charge in [0.1, 0.15) is 12.1 Å². The highest BCUT2D eigenvalue weighted by molar-refractivity contribution is 5.65. The smallest absolute Gasteiger partial charge is 0.254 e. The van der Waals surface area contributed by atoms with Crippen LogP contribution < -0.4 is 4.90 Å². The second-order valence-corrected chi connectivity index (χ2v) is 6.16. The summed E-state index contributed by atoms with van der Waals surface area (Å²) in [5.41, 5.74) is 2.02. The number of rotatable bonds is 5. The molecule has 1 aromatic carbocycles. The highest BCUT2D eigenvalue weighted by Crippen LogP contribution is 2.24. The number of hydrogen-bond acceptors (Lipinski definition) is 6. The Morgan fingerprint density at radius 3 is 2.64 bits per heavy atom. The topological polar surface area (TPSA) is 58.8 Å². The molecule has 0 radical (unpaired) electrons. The van der Waals surface area contributed by atoms with Crippen molar-refractivity contribution in [3.63, 3.8) is 0 Å². The van der Waals surface area contributed by atoms with Crippen LogP contribution in [0.25, 0.3) is 17.0 Å². The summed E-state index contributed by atoms with van der Waals surface area (Å²) in [6.45, 7) is 5.70. The van der Waals surface area contributed by atoms with Crippen molar-refractivity contribution in [2.45, 2.75) is 0 Å². The van der Waals surface area contributed by atoms with Gasteiger partial charge in [0.15, 0.2) is 0 Å². The van der Waals surface area contributed by atoms with Gasteiger partial charge < -0.3 is 9.64 Å². The van der Waals surface area contributed by atoms with Crippen LogP contribution in [0.2, 0.25) is 0 Å². The lowest BCUT2D eigenvalue weighted by Crippen LogP contribution is -2.47. The summed E-state index contributed by atoms with van der Waals surface area (Å²) in [5, 5.41) is 4.37. The maximum atomic E-state index is 5.18. The molecule has 7 heteroatoms. The van der Waals surface area contributed by atoms with Gasteiger partial charge in [-0.25, -0.2) is 4.98 Å². The zero-order chi connectivity index (χ0) is 17.1. The Hall–Kier alpha value is -2.51. The normalized spacial score (nSPS) is 15.8. The molecule has 1 fully saturated rings. The first-order valence-electron chi connectivity index (χ1n) is 8.57. The average Bonchev–Trinajstić information content (AvgIpc) is 3.15. The number of nitrogens with zero attached hydrogens (tertiary/aromatic N) is 6. The Bertz CT molecular complexity index is 826. The van der Waals surface area contributed by atoms with E-state index in [-0.39, 0.29) is 0 Å². The largest absolute Gasteiger partial charge is 0.383 e. The van der Waals surface area contributed by atoms with Crippen LogP contribution in [-0.4, -0.2) is 70.9 Å². The minimum Gasteiger partial charge on any atom is -0.383 e. The maximum absolute atomic E-state index is 5.18. The third-order valence-corrected chi connectivity index (χ3v) is 4.61. The van der Waals surface area contributed by atoms with Gasteiger partial charge in [-0.1, -0.05) is 30.3 Å². The highest BCUT2D eigenvalue weighted by atomic mass is 16.5. The zero-order valence-electron chi connectivity index (χ0n) is 14.4. The molecule has 0 atom stereocenters. The van der Waals surface area contributed by atoms with Crippen LogP contribution in [-0.2, 0) is 4.74 Å². The Morgan fingerprint density at radius 1 is 1.08 bits per heavy atom. The van der Waals surface area contributed by atoms with Crippen molar-refractivity contribution in [1.82, 2.24) is 24.5 Å². The van der Waals surface area contributed by atoms with E-state index >= 15 is 0 Å². The van der Waals surface area contributed by atoms with Gasteiger partial charge >= 0.3 is 0 Å². The summed E-state index contributed by atoms with van der Waals surface area (Å²) in [4.78, 5) is 13.7.